The summed E-state index contributed by atoms with van der Waals surface area (Å²) in [5, 5.41) is 20.6. The Balaban J connectivity index is 1.54. The first-order chi connectivity index (χ1) is 15.5. The Hall–Kier alpha value is -4.25. The predicted octanol–water partition coefficient (Wildman–Crippen LogP) is 4.46. The van der Waals surface area contributed by atoms with Gasteiger partial charge in [0.2, 0.25) is 5.91 Å². The Morgan fingerprint density at radius 1 is 1.19 bits per heavy atom. The number of hydrogen-bond acceptors (Lipinski definition) is 5. The fourth-order valence-corrected chi connectivity index (χ4v) is 3.86. The summed E-state index contributed by atoms with van der Waals surface area (Å²) in [5.41, 5.74) is 7.33. The molecule has 0 spiro atoms. The van der Waals surface area contributed by atoms with Crippen LogP contribution in [0, 0.1) is 17.2 Å². The van der Waals surface area contributed by atoms with Crippen LogP contribution >= 0.6 is 0 Å². The maximum atomic E-state index is 12.0. The summed E-state index contributed by atoms with van der Waals surface area (Å²) in [7, 11) is 0. The molecule has 1 amide bonds. The average molecular weight is 423 g/mol. The van der Waals surface area contributed by atoms with E-state index in [0.717, 1.165) is 52.0 Å². The fraction of sp³-hybridized carbons (Fsp3) is 0.208. The molecule has 0 unspecified atom stereocenters. The molecule has 0 radical (unpaired) electrons. The zero-order valence-corrected chi connectivity index (χ0v) is 17.7. The van der Waals surface area contributed by atoms with Gasteiger partial charge in [0, 0.05) is 46.1 Å². The van der Waals surface area contributed by atoms with Gasteiger partial charge in [-0.25, -0.2) is 4.98 Å². The maximum Gasteiger partial charge on any atom is 0.226 e. The van der Waals surface area contributed by atoms with Crippen molar-refractivity contribution in [1.29, 1.82) is 5.26 Å². The van der Waals surface area contributed by atoms with Crippen LogP contribution in [0.5, 0.6) is 0 Å². The minimum atomic E-state index is -0.117. The molecular formula is C24H21N7O. The lowest BCUT2D eigenvalue weighted by Gasteiger charge is -2.09. The third-order valence-corrected chi connectivity index (χ3v) is 5.60. The first kappa shape index (κ1) is 19.7. The van der Waals surface area contributed by atoms with Crippen LogP contribution < -0.4 is 5.32 Å². The van der Waals surface area contributed by atoms with Gasteiger partial charge in [-0.15, -0.1) is 0 Å². The molecule has 1 aliphatic rings. The number of aryl methyl sites for hydroxylation is 1. The number of aromatic amines is 2. The van der Waals surface area contributed by atoms with Gasteiger partial charge in [-0.3, -0.25) is 14.9 Å². The molecule has 158 valence electrons. The van der Waals surface area contributed by atoms with Gasteiger partial charge in [0.25, 0.3) is 0 Å². The number of hydrogen-bond donors (Lipinski definition) is 3. The van der Waals surface area contributed by atoms with Gasteiger partial charge in [-0.2, -0.15) is 10.4 Å². The van der Waals surface area contributed by atoms with E-state index in [4.69, 9.17) is 0 Å². The number of amides is 1. The number of carbonyl (C=O) groups is 1. The molecule has 0 saturated heterocycles. The number of fused-ring (bicyclic) bond motifs is 2. The summed E-state index contributed by atoms with van der Waals surface area (Å²) < 4.78 is 0. The number of nitrogens with zero attached hydrogens (tertiary/aromatic N) is 4. The summed E-state index contributed by atoms with van der Waals surface area (Å²) in [4.78, 5) is 24.3. The summed E-state index contributed by atoms with van der Waals surface area (Å²) in [5.74, 6) is -0.177. The number of allylic oxidation sites excluding steroid dienone is 2. The second-order valence-corrected chi connectivity index (χ2v) is 8.14. The molecule has 8 nitrogen and oxygen atoms in total. The first-order valence-corrected chi connectivity index (χ1v) is 10.5. The highest BCUT2D eigenvalue weighted by atomic mass is 16.1. The molecule has 32 heavy (non-hydrogen) atoms. The van der Waals surface area contributed by atoms with Crippen molar-refractivity contribution in [3.05, 3.63) is 54.1 Å². The van der Waals surface area contributed by atoms with Crippen LogP contribution in [-0.4, -0.2) is 31.1 Å². The van der Waals surface area contributed by atoms with E-state index in [-0.39, 0.29) is 11.8 Å². The largest absolute Gasteiger partial charge is 0.357 e. The topological polar surface area (TPSA) is 123 Å². The van der Waals surface area contributed by atoms with Crippen LogP contribution in [0.15, 0.2) is 42.9 Å². The van der Waals surface area contributed by atoms with E-state index in [1.54, 1.807) is 18.6 Å². The van der Waals surface area contributed by atoms with Crippen LogP contribution in [0.1, 0.15) is 31.5 Å². The Bertz CT molecular complexity index is 1420. The van der Waals surface area contributed by atoms with Gasteiger partial charge in [-0.05, 0) is 31.0 Å². The van der Waals surface area contributed by atoms with Crippen LogP contribution in [-0.2, 0) is 11.2 Å². The van der Waals surface area contributed by atoms with Crippen molar-refractivity contribution in [2.24, 2.45) is 5.92 Å². The quantitative estimate of drug-likeness (QED) is 0.447. The van der Waals surface area contributed by atoms with Gasteiger partial charge in [0.05, 0.1) is 34.9 Å². The maximum absolute atomic E-state index is 12.0. The minimum Gasteiger partial charge on any atom is -0.357 e. The molecular weight excluding hydrogens is 402 g/mol. The highest BCUT2D eigenvalue weighted by Crippen LogP contribution is 2.34. The molecule has 1 aliphatic carbocycles. The molecule has 0 aliphatic heterocycles. The molecule has 0 bridgehead atoms. The fourth-order valence-electron chi connectivity index (χ4n) is 3.86. The van der Waals surface area contributed by atoms with Crippen molar-refractivity contribution in [3.63, 3.8) is 0 Å². The third kappa shape index (κ3) is 3.44. The first-order valence-electron chi connectivity index (χ1n) is 10.5. The van der Waals surface area contributed by atoms with Crippen LogP contribution in [0.2, 0.25) is 0 Å². The lowest BCUT2D eigenvalue weighted by Crippen LogP contribution is -2.17. The molecule has 3 N–H and O–H groups in total. The lowest BCUT2D eigenvalue weighted by molar-refractivity contribution is -0.118. The highest BCUT2D eigenvalue weighted by molar-refractivity contribution is 5.95. The van der Waals surface area contributed by atoms with Crippen molar-refractivity contribution in [1.82, 2.24) is 25.1 Å². The molecule has 5 rings (SSSR count). The molecule has 4 aromatic rings. The van der Waals surface area contributed by atoms with Crippen molar-refractivity contribution < 1.29 is 4.79 Å². The normalized spacial score (nSPS) is 13.0. The Morgan fingerprint density at radius 2 is 2.03 bits per heavy atom. The number of nitriles is 1. The lowest BCUT2D eigenvalue weighted by atomic mass is 9.97. The van der Waals surface area contributed by atoms with E-state index in [1.165, 1.54) is 0 Å². The Morgan fingerprint density at radius 3 is 2.84 bits per heavy atom. The number of nitrogens with one attached hydrogen (secondary N) is 3. The number of rotatable bonds is 4. The van der Waals surface area contributed by atoms with E-state index in [1.807, 2.05) is 38.1 Å². The monoisotopic (exact) mass is 423 g/mol. The molecule has 8 heteroatoms. The third-order valence-electron chi connectivity index (χ3n) is 5.60. The molecule has 0 saturated carbocycles. The predicted molar refractivity (Wildman–Crippen MR) is 122 cm³/mol. The highest BCUT2D eigenvalue weighted by Gasteiger charge is 2.19. The van der Waals surface area contributed by atoms with Gasteiger partial charge in [0.15, 0.2) is 5.65 Å². The van der Waals surface area contributed by atoms with Gasteiger partial charge >= 0.3 is 0 Å². The van der Waals surface area contributed by atoms with Crippen LogP contribution in [0.25, 0.3) is 39.1 Å². The van der Waals surface area contributed by atoms with E-state index >= 15 is 0 Å². The smallest absolute Gasteiger partial charge is 0.226 e. The van der Waals surface area contributed by atoms with E-state index in [0.29, 0.717) is 16.9 Å². The van der Waals surface area contributed by atoms with Crippen LogP contribution in [0.4, 0.5) is 5.69 Å². The average Bonchev–Trinajstić information content (AvgIpc) is 3.42. The van der Waals surface area contributed by atoms with Gasteiger partial charge in [0.1, 0.15) is 0 Å². The van der Waals surface area contributed by atoms with Crippen molar-refractivity contribution in [3.8, 4) is 28.6 Å². The Kier molecular flexibility index (Phi) is 4.79. The molecule has 0 fully saturated rings. The Labute approximate surface area is 184 Å². The van der Waals surface area contributed by atoms with E-state index < -0.39 is 0 Å². The van der Waals surface area contributed by atoms with E-state index in [9.17, 15) is 10.1 Å². The van der Waals surface area contributed by atoms with Crippen molar-refractivity contribution in [2.75, 3.05) is 5.32 Å². The SMILES string of the molecule is CC(C)C(=O)Nc1cncc(-c2cnc3n[nH]c(-c4cc5c([nH]4)CCC=C5C#N)c3c2)c1. The standard InChI is InChI=1S/C24H21N7O/c1-13(2)24(32)28-17-6-15(10-26-12-17)16-7-19-22(30-31-23(19)27-11-16)21-8-18-14(9-25)4-3-5-20(18)29-21/h4,6-8,10-13,29H,3,5H2,1-2H3,(H,28,32)(H,27,30,31). The molecule has 0 aromatic carbocycles. The van der Waals surface area contributed by atoms with Crippen LogP contribution in [0.3, 0.4) is 0 Å². The molecule has 4 aromatic heterocycles. The molecule has 0 atom stereocenters. The van der Waals surface area contributed by atoms with Gasteiger partial charge in [-0.1, -0.05) is 19.9 Å². The van der Waals surface area contributed by atoms with E-state index in [2.05, 4.69) is 36.5 Å². The minimum absolute atomic E-state index is 0.0591. The molecule has 4 heterocycles. The van der Waals surface area contributed by atoms with Crippen molar-refractivity contribution in [2.45, 2.75) is 26.7 Å². The zero-order valence-electron chi connectivity index (χ0n) is 17.7. The number of aromatic nitrogens is 5. The summed E-state index contributed by atoms with van der Waals surface area (Å²) >= 11 is 0. The second-order valence-electron chi connectivity index (χ2n) is 8.14. The zero-order chi connectivity index (χ0) is 22.2. The number of H-pyrrole nitrogens is 2. The second kappa shape index (κ2) is 7.78. The van der Waals surface area contributed by atoms with Crippen molar-refractivity contribution >= 4 is 28.2 Å². The van der Waals surface area contributed by atoms with Gasteiger partial charge < -0.3 is 10.3 Å². The summed E-state index contributed by atoms with van der Waals surface area (Å²) in [6.07, 6.45) is 8.81. The summed E-state index contributed by atoms with van der Waals surface area (Å²) in [6.45, 7) is 3.69. The number of pyridine rings is 2. The number of carbonyl (C=O) groups excluding carboxylic acids is 1. The summed E-state index contributed by atoms with van der Waals surface area (Å²) in [6, 6.07) is 8.16. The number of anilines is 1.